The van der Waals surface area contributed by atoms with Gasteiger partial charge in [-0.05, 0) is 36.1 Å². The largest absolute Gasteiger partial charge is 0.416 e. The lowest BCUT2D eigenvalue weighted by Gasteiger charge is -2.11. The second-order valence-electron chi connectivity index (χ2n) is 4.48. The highest BCUT2D eigenvalue weighted by molar-refractivity contribution is 7.89. The molecule has 1 aliphatic heterocycles. The molecule has 1 N–H and O–H groups in total. The quantitative estimate of drug-likeness (QED) is 0.791. The minimum atomic E-state index is -4.46. The first-order valence-electron chi connectivity index (χ1n) is 5.40. The van der Waals surface area contributed by atoms with E-state index < -0.39 is 21.8 Å². The normalized spacial score (nSPS) is 23.2. The summed E-state index contributed by atoms with van der Waals surface area (Å²) in [5.41, 5.74) is -0.590. The molecule has 0 radical (unpaired) electrons. The molecule has 0 unspecified atom stereocenters. The van der Waals surface area contributed by atoms with Crippen molar-refractivity contribution in [3.63, 3.8) is 0 Å². The number of benzene rings is 1. The van der Waals surface area contributed by atoms with Crippen molar-refractivity contribution in [1.29, 1.82) is 0 Å². The number of alkyl halides is 3. The third-order valence-electron chi connectivity index (χ3n) is 2.87. The van der Waals surface area contributed by atoms with E-state index in [-0.39, 0.29) is 22.9 Å². The Kier molecular flexibility index (Phi) is 3.14. The van der Waals surface area contributed by atoms with Gasteiger partial charge in [0.05, 0.1) is 10.5 Å². The van der Waals surface area contributed by atoms with Gasteiger partial charge in [0.15, 0.2) is 0 Å². The lowest BCUT2D eigenvalue weighted by Crippen LogP contribution is -2.26. The highest BCUT2D eigenvalue weighted by atomic mass is 32.2. The molecule has 7 heteroatoms. The predicted octanol–water partition coefficient (Wildman–Crippen LogP) is 2.18. The lowest BCUT2D eigenvalue weighted by atomic mass is 9.99. The zero-order chi connectivity index (χ0) is 13.6. The molecule has 18 heavy (non-hydrogen) atoms. The molecule has 0 spiro atoms. The van der Waals surface area contributed by atoms with Crippen LogP contribution < -0.4 is 4.72 Å². The molecule has 1 aromatic carbocycles. The van der Waals surface area contributed by atoms with Gasteiger partial charge in [-0.15, -0.1) is 0 Å². The summed E-state index contributed by atoms with van der Waals surface area (Å²) < 4.78 is 63.7. The highest BCUT2D eigenvalue weighted by Crippen LogP contribution is 2.33. The van der Waals surface area contributed by atoms with E-state index in [0.717, 1.165) is 18.2 Å². The molecule has 0 amide bonds. The Hall–Kier alpha value is -1.08. The van der Waals surface area contributed by atoms with Crippen LogP contribution in [0.25, 0.3) is 0 Å². The van der Waals surface area contributed by atoms with Crippen molar-refractivity contribution >= 4 is 10.0 Å². The van der Waals surface area contributed by atoms with E-state index in [2.05, 4.69) is 4.72 Å². The summed E-state index contributed by atoms with van der Waals surface area (Å²) in [7, 11) is -3.69. The first kappa shape index (κ1) is 13.4. The van der Waals surface area contributed by atoms with Crippen LogP contribution in [-0.4, -0.2) is 15.0 Å². The number of halogens is 3. The van der Waals surface area contributed by atoms with Crippen LogP contribution >= 0.6 is 0 Å². The molecule has 1 heterocycles. The average molecular weight is 279 g/mol. The molecule has 0 bridgehead atoms. The van der Waals surface area contributed by atoms with Gasteiger partial charge >= 0.3 is 6.18 Å². The van der Waals surface area contributed by atoms with Crippen molar-refractivity contribution < 1.29 is 21.6 Å². The molecule has 3 nitrogen and oxygen atoms in total. The van der Waals surface area contributed by atoms with Gasteiger partial charge in [-0.1, -0.05) is 6.92 Å². The second kappa shape index (κ2) is 4.24. The van der Waals surface area contributed by atoms with Gasteiger partial charge in [0.2, 0.25) is 10.0 Å². The van der Waals surface area contributed by atoms with E-state index in [4.69, 9.17) is 0 Å². The van der Waals surface area contributed by atoms with Crippen LogP contribution in [0.2, 0.25) is 0 Å². The summed E-state index contributed by atoms with van der Waals surface area (Å²) in [6.07, 6.45) is -4.15. The highest BCUT2D eigenvalue weighted by Gasteiger charge is 2.33. The third-order valence-corrected chi connectivity index (χ3v) is 4.39. The fourth-order valence-corrected chi connectivity index (χ4v) is 3.35. The molecule has 1 aromatic rings. The third kappa shape index (κ3) is 2.51. The second-order valence-corrected chi connectivity index (χ2v) is 6.22. The first-order chi connectivity index (χ1) is 8.20. The average Bonchev–Trinajstić information content (AvgIpc) is 2.35. The summed E-state index contributed by atoms with van der Waals surface area (Å²) in [4.78, 5) is -0.0557. The first-order valence-corrected chi connectivity index (χ1v) is 6.88. The van der Waals surface area contributed by atoms with E-state index in [1.54, 1.807) is 6.92 Å². The Balaban J connectivity index is 2.58. The fourth-order valence-electron chi connectivity index (χ4n) is 1.95. The smallest absolute Gasteiger partial charge is 0.211 e. The molecule has 0 aromatic heterocycles. The maximum absolute atomic E-state index is 12.6. The Morgan fingerprint density at radius 2 is 2.00 bits per heavy atom. The Labute approximate surface area is 103 Å². The zero-order valence-electron chi connectivity index (χ0n) is 9.58. The predicted molar refractivity (Wildman–Crippen MR) is 59.5 cm³/mol. The maximum Gasteiger partial charge on any atom is 0.416 e. The van der Waals surface area contributed by atoms with Crippen LogP contribution in [0, 0.1) is 5.92 Å². The number of hydrogen-bond donors (Lipinski definition) is 1. The van der Waals surface area contributed by atoms with Gasteiger partial charge in [0.1, 0.15) is 0 Å². The number of fused-ring (bicyclic) bond motifs is 1. The van der Waals surface area contributed by atoms with Crippen LogP contribution in [-0.2, 0) is 22.6 Å². The van der Waals surface area contributed by atoms with Crippen LogP contribution in [0.3, 0.4) is 0 Å². The monoisotopic (exact) mass is 279 g/mol. The molecular weight excluding hydrogens is 267 g/mol. The molecule has 0 saturated heterocycles. The van der Waals surface area contributed by atoms with E-state index in [9.17, 15) is 21.6 Å². The van der Waals surface area contributed by atoms with Crippen molar-refractivity contribution in [1.82, 2.24) is 4.72 Å². The van der Waals surface area contributed by atoms with Gasteiger partial charge < -0.3 is 0 Å². The molecule has 2 rings (SSSR count). The molecule has 0 saturated carbocycles. The van der Waals surface area contributed by atoms with E-state index in [1.165, 1.54) is 0 Å². The molecule has 1 atom stereocenters. The van der Waals surface area contributed by atoms with Crippen LogP contribution in [0.1, 0.15) is 18.1 Å². The summed E-state index contributed by atoms with van der Waals surface area (Å²) in [5, 5.41) is 0. The summed E-state index contributed by atoms with van der Waals surface area (Å²) in [6, 6.07) is 2.75. The summed E-state index contributed by atoms with van der Waals surface area (Å²) in [5.74, 6) is -0.0375. The van der Waals surface area contributed by atoms with Crippen LogP contribution in [0.4, 0.5) is 13.2 Å². The fraction of sp³-hybridized carbons (Fsp3) is 0.455. The molecule has 0 fully saturated rings. The van der Waals surface area contributed by atoms with Gasteiger partial charge in [0, 0.05) is 6.54 Å². The van der Waals surface area contributed by atoms with Gasteiger partial charge in [-0.3, -0.25) is 0 Å². The van der Waals surface area contributed by atoms with Gasteiger partial charge in [-0.25, -0.2) is 13.1 Å². The number of sulfonamides is 1. The van der Waals surface area contributed by atoms with Crippen molar-refractivity contribution in [3.05, 3.63) is 29.3 Å². The van der Waals surface area contributed by atoms with Crippen molar-refractivity contribution in [2.24, 2.45) is 5.92 Å². The minimum absolute atomic E-state index is 0.0375. The SMILES string of the molecule is C[C@@H]1CNS(=O)(=O)c2ccc(C(F)(F)F)cc2C1. The summed E-state index contributed by atoms with van der Waals surface area (Å²) >= 11 is 0. The van der Waals surface area contributed by atoms with Crippen molar-refractivity contribution in [2.45, 2.75) is 24.4 Å². The zero-order valence-corrected chi connectivity index (χ0v) is 10.4. The van der Waals surface area contributed by atoms with Crippen LogP contribution in [0.15, 0.2) is 23.1 Å². The Morgan fingerprint density at radius 1 is 1.33 bits per heavy atom. The number of rotatable bonds is 0. The van der Waals surface area contributed by atoms with Crippen molar-refractivity contribution in [3.8, 4) is 0 Å². The summed E-state index contributed by atoms with van der Waals surface area (Å²) in [6.45, 7) is 2.02. The lowest BCUT2D eigenvalue weighted by molar-refractivity contribution is -0.137. The van der Waals surface area contributed by atoms with Gasteiger partial charge in [0.25, 0.3) is 0 Å². The maximum atomic E-state index is 12.6. The Bertz CT molecular complexity index is 566. The molecule has 100 valence electrons. The minimum Gasteiger partial charge on any atom is -0.211 e. The van der Waals surface area contributed by atoms with Crippen LogP contribution in [0.5, 0.6) is 0 Å². The van der Waals surface area contributed by atoms with E-state index in [1.807, 2.05) is 0 Å². The topological polar surface area (TPSA) is 46.2 Å². The van der Waals surface area contributed by atoms with E-state index in [0.29, 0.717) is 6.42 Å². The molecule has 1 aliphatic rings. The Morgan fingerprint density at radius 3 is 2.61 bits per heavy atom. The van der Waals surface area contributed by atoms with E-state index >= 15 is 0 Å². The molecular formula is C11H12F3NO2S. The van der Waals surface area contributed by atoms with Gasteiger partial charge in [-0.2, -0.15) is 13.2 Å². The standard InChI is InChI=1S/C11H12F3NO2S/c1-7-4-8-5-9(11(12,13)14)2-3-10(8)18(16,17)15-6-7/h2-3,5,7,15H,4,6H2,1H3/t7-/m0/s1. The van der Waals surface area contributed by atoms with Crippen molar-refractivity contribution in [2.75, 3.05) is 6.54 Å². The number of hydrogen-bond acceptors (Lipinski definition) is 2. The number of nitrogens with one attached hydrogen (secondary N) is 1. The molecule has 0 aliphatic carbocycles.